The zero-order chi connectivity index (χ0) is 12.3. The molecule has 91 valence electrons. The molecule has 17 heavy (non-hydrogen) atoms. The fourth-order valence-corrected chi connectivity index (χ4v) is 1.26. The monoisotopic (exact) mass is 256 g/mol. The van der Waals surface area contributed by atoms with E-state index in [-0.39, 0.29) is 52.8 Å². The standard InChI is InChI=1S/C9H13F2N3O2.Na/c1-9(10,11)4-5-6(15-2)13-8(12)14-7(5)16-3;/h4H2,1-3H3,(H2,12,13,14);. The van der Waals surface area contributed by atoms with E-state index in [1.165, 1.54) is 14.2 Å². The van der Waals surface area contributed by atoms with Gasteiger partial charge in [-0.15, -0.1) is 0 Å². The number of hydrogen-bond donors (Lipinski definition) is 1. The molecule has 0 saturated heterocycles. The summed E-state index contributed by atoms with van der Waals surface area (Å²) in [4.78, 5) is 7.43. The summed E-state index contributed by atoms with van der Waals surface area (Å²) in [5.41, 5.74) is 5.48. The molecule has 1 aromatic heterocycles. The van der Waals surface area contributed by atoms with E-state index in [9.17, 15) is 8.78 Å². The largest absolute Gasteiger partial charge is 0.481 e. The van der Waals surface area contributed by atoms with E-state index in [1.807, 2.05) is 0 Å². The summed E-state index contributed by atoms with van der Waals surface area (Å²) in [5.74, 6) is -2.98. The fraction of sp³-hybridized carbons (Fsp3) is 0.556. The number of rotatable bonds is 4. The molecule has 0 amide bonds. The van der Waals surface area contributed by atoms with Gasteiger partial charge >= 0.3 is 0 Å². The van der Waals surface area contributed by atoms with Crippen LogP contribution in [0.25, 0.3) is 0 Å². The van der Waals surface area contributed by atoms with Gasteiger partial charge in [-0.2, -0.15) is 9.97 Å². The maximum Gasteiger partial charge on any atom is 0.249 e. The van der Waals surface area contributed by atoms with E-state index in [4.69, 9.17) is 15.2 Å². The molecular formula is C9H13F2N3NaO2. The number of nitrogens with zero attached hydrogens (tertiary/aromatic N) is 2. The number of anilines is 1. The van der Waals surface area contributed by atoms with Crippen molar-refractivity contribution in [3.8, 4) is 11.8 Å². The third-order valence-electron chi connectivity index (χ3n) is 1.82. The summed E-state index contributed by atoms with van der Waals surface area (Å²) in [6.07, 6.45) is -0.570. The van der Waals surface area contributed by atoms with Crippen molar-refractivity contribution >= 4 is 35.5 Å². The van der Waals surface area contributed by atoms with Gasteiger partial charge in [0, 0.05) is 36.0 Å². The Bertz CT molecular complexity index is 360. The molecule has 0 bridgehead atoms. The Morgan fingerprint density at radius 2 is 1.59 bits per heavy atom. The van der Waals surface area contributed by atoms with Crippen LogP contribution in [0.2, 0.25) is 0 Å². The van der Waals surface area contributed by atoms with E-state index in [0.29, 0.717) is 0 Å². The maximum atomic E-state index is 12.9. The van der Waals surface area contributed by atoms with Gasteiger partial charge in [0.15, 0.2) is 0 Å². The predicted octanol–water partition coefficient (Wildman–Crippen LogP) is 0.893. The molecule has 0 unspecified atom stereocenters. The first kappa shape index (κ1) is 16.3. The van der Waals surface area contributed by atoms with Crippen LogP contribution in [0.15, 0.2) is 0 Å². The number of methoxy groups -OCH3 is 2. The Morgan fingerprint density at radius 1 is 1.18 bits per heavy atom. The summed E-state index contributed by atoms with van der Waals surface area (Å²) in [5, 5.41) is 0. The zero-order valence-electron chi connectivity index (χ0n) is 10.3. The van der Waals surface area contributed by atoms with Crippen molar-refractivity contribution in [1.82, 2.24) is 9.97 Å². The number of nitrogen functional groups attached to an aromatic ring is 1. The van der Waals surface area contributed by atoms with Crippen LogP contribution in [-0.4, -0.2) is 59.7 Å². The quantitative estimate of drug-likeness (QED) is 0.810. The van der Waals surface area contributed by atoms with Crippen molar-refractivity contribution in [1.29, 1.82) is 0 Å². The summed E-state index contributed by atoms with van der Waals surface area (Å²) in [6, 6.07) is 0. The van der Waals surface area contributed by atoms with E-state index < -0.39 is 12.3 Å². The minimum absolute atomic E-state index is 0. The van der Waals surface area contributed by atoms with Gasteiger partial charge in [0.2, 0.25) is 23.6 Å². The molecule has 0 fully saturated rings. The Labute approximate surface area is 120 Å². The number of alkyl halides is 2. The molecule has 0 aliphatic rings. The molecule has 0 spiro atoms. The number of halogens is 2. The summed E-state index contributed by atoms with van der Waals surface area (Å²) < 4.78 is 35.6. The zero-order valence-corrected chi connectivity index (χ0v) is 12.3. The Morgan fingerprint density at radius 3 is 1.88 bits per heavy atom. The first-order valence-electron chi connectivity index (χ1n) is 4.49. The van der Waals surface area contributed by atoms with E-state index in [1.54, 1.807) is 0 Å². The summed E-state index contributed by atoms with van der Waals surface area (Å²) in [6.45, 7) is 0.794. The van der Waals surface area contributed by atoms with Gasteiger partial charge in [-0.05, 0) is 6.92 Å². The molecule has 1 aromatic rings. The predicted molar refractivity (Wildman–Crippen MR) is 59.6 cm³/mol. The first-order chi connectivity index (χ1) is 7.37. The normalized spacial score (nSPS) is 10.6. The van der Waals surface area contributed by atoms with Crippen LogP contribution in [0, 0.1) is 0 Å². The molecule has 0 atom stereocenters. The van der Waals surface area contributed by atoms with Crippen molar-refractivity contribution in [2.45, 2.75) is 19.3 Å². The number of aromatic nitrogens is 2. The molecule has 0 aliphatic heterocycles. The second kappa shape index (κ2) is 6.32. The molecule has 1 radical (unpaired) electrons. The van der Waals surface area contributed by atoms with E-state index in [2.05, 4.69) is 9.97 Å². The van der Waals surface area contributed by atoms with Crippen LogP contribution in [0.3, 0.4) is 0 Å². The molecule has 0 aliphatic carbocycles. The van der Waals surface area contributed by atoms with Crippen LogP contribution in [-0.2, 0) is 6.42 Å². The van der Waals surface area contributed by atoms with Gasteiger partial charge in [-0.3, -0.25) is 0 Å². The van der Waals surface area contributed by atoms with Crippen molar-refractivity contribution in [3.05, 3.63) is 5.56 Å². The number of nitrogens with two attached hydrogens (primary N) is 1. The van der Waals surface area contributed by atoms with Crippen molar-refractivity contribution in [2.24, 2.45) is 0 Å². The van der Waals surface area contributed by atoms with E-state index >= 15 is 0 Å². The summed E-state index contributed by atoms with van der Waals surface area (Å²) >= 11 is 0. The van der Waals surface area contributed by atoms with Crippen LogP contribution in [0.1, 0.15) is 12.5 Å². The maximum absolute atomic E-state index is 12.9. The Hall–Kier alpha value is -0.660. The molecule has 1 rings (SSSR count). The number of ether oxygens (including phenoxy) is 2. The van der Waals surface area contributed by atoms with Crippen molar-refractivity contribution in [2.75, 3.05) is 20.0 Å². The van der Waals surface area contributed by atoms with Crippen molar-refractivity contribution in [3.63, 3.8) is 0 Å². The average Bonchev–Trinajstić information content (AvgIpc) is 2.18. The van der Waals surface area contributed by atoms with Crippen LogP contribution >= 0.6 is 0 Å². The molecule has 0 aromatic carbocycles. The molecule has 1 heterocycles. The fourth-order valence-electron chi connectivity index (χ4n) is 1.26. The van der Waals surface area contributed by atoms with Gasteiger partial charge in [-0.1, -0.05) is 0 Å². The minimum atomic E-state index is -2.90. The van der Waals surface area contributed by atoms with Gasteiger partial charge in [-0.25, -0.2) is 8.78 Å². The third kappa shape index (κ3) is 4.61. The first-order valence-corrected chi connectivity index (χ1v) is 4.49. The van der Waals surface area contributed by atoms with Gasteiger partial charge < -0.3 is 15.2 Å². The minimum Gasteiger partial charge on any atom is -0.481 e. The van der Waals surface area contributed by atoms with Crippen molar-refractivity contribution < 1.29 is 18.3 Å². The topological polar surface area (TPSA) is 70.3 Å². The van der Waals surface area contributed by atoms with Crippen LogP contribution < -0.4 is 15.2 Å². The smallest absolute Gasteiger partial charge is 0.249 e. The molecule has 0 saturated carbocycles. The van der Waals surface area contributed by atoms with Gasteiger partial charge in [0.05, 0.1) is 19.8 Å². The SMILES string of the molecule is COc1nc(N)nc(OC)c1CC(C)(F)F.[Na]. The number of hydrogen-bond acceptors (Lipinski definition) is 5. The second-order valence-electron chi connectivity index (χ2n) is 3.33. The molecular weight excluding hydrogens is 243 g/mol. The average molecular weight is 256 g/mol. The van der Waals surface area contributed by atoms with Crippen LogP contribution in [0.4, 0.5) is 14.7 Å². The second-order valence-corrected chi connectivity index (χ2v) is 3.33. The molecule has 5 nitrogen and oxygen atoms in total. The Balaban J connectivity index is 0.00000256. The summed E-state index contributed by atoms with van der Waals surface area (Å²) in [7, 11) is 2.64. The van der Waals surface area contributed by atoms with E-state index in [0.717, 1.165) is 6.92 Å². The Kier molecular flexibility index (Phi) is 6.08. The third-order valence-corrected chi connectivity index (χ3v) is 1.82. The van der Waals surface area contributed by atoms with Gasteiger partial charge in [0.25, 0.3) is 0 Å². The van der Waals surface area contributed by atoms with Gasteiger partial charge in [0.1, 0.15) is 0 Å². The molecule has 8 heteroatoms. The van der Waals surface area contributed by atoms with Crippen LogP contribution in [0.5, 0.6) is 11.8 Å². The molecule has 2 N–H and O–H groups in total.